The summed E-state index contributed by atoms with van der Waals surface area (Å²) < 4.78 is 8.09. The van der Waals surface area contributed by atoms with Crippen LogP contribution in [0.2, 0.25) is 0 Å². The van der Waals surface area contributed by atoms with Gasteiger partial charge < -0.3 is 0 Å². The molecule has 0 aliphatic carbocycles. The van der Waals surface area contributed by atoms with Gasteiger partial charge in [-0.15, -0.1) is 0 Å². The van der Waals surface area contributed by atoms with Crippen LogP contribution in [-0.2, 0) is 4.74 Å². The third-order valence-corrected chi connectivity index (χ3v) is 5.53. The Bertz CT molecular complexity index is 138. The molecule has 4 heteroatoms. The molecule has 10 heavy (non-hydrogen) atoms. The first kappa shape index (κ1) is 7.27. The van der Waals surface area contributed by atoms with Gasteiger partial charge in [0.05, 0.1) is 0 Å². The normalized spacial score (nSPS) is 46.7. The predicted molar refractivity (Wildman–Crippen MR) is 31.7 cm³/mol. The van der Waals surface area contributed by atoms with E-state index >= 15 is 0 Å². The van der Waals surface area contributed by atoms with Crippen LogP contribution in [0.15, 0.2) is 0 Å². The minimum atomic E-state index is 0.149. The van der Waals surface area contributed by atoms with Crippen molar-refractivity contribution < 1.29 is 34.0 Å². The zero-order valence-electron chi connectivity index (χ0n) is 5.79. The minimum absolute atomic E-state index is 0.149. The quantitative estimate of drug-likeness (QED) is 0.171. The third kappa shape index (κ3) is 1.30. The van der Waals surface area contributed by atoms with Gasteiger partial charge in [-0.3, -0.25) is 0 Å². The number of alkyl halides is 1. The van der Waals surface area contributed by atoms with Crippen molar-refractivity contribution in [1.82, 2.24) is 0 Å². The maximum absolute atomic E-state index is 8.83. The molecule has 2 unspecified atom stereocenters. The zero-order chi connectivity index (χ0) is 7.03. The van der Waals surface area contributed by atoms with Crippen molar-refractivity contribution in [2.45, 2.75) is 6.10 Å². The summed E-state index contributed by atoms with van der Waals surface area (Å²) >= 11 is 0.445. The Balaban J connectivity index is 1.91. The molecule has 2 aliphatic heterocycles. The summed E-state index contributed by atoms with van der Waals surface area (Å²) in [6.07, 6.45) is 0.149. The fraction of sp³-hybridized carbons (Fsp3) is 1.00. The van der Waals surface area contributed by atoms with Crippen molar-refractivity contribution in [2.75, 3.05) is 30.9 Å². The predicted octanol–water partition coefficient (Wildman–Crippen LogP) is -3.83. The van der Waals surface area contributed by atoms with Crippen LogP contribution in [0.4, 0.5) is 0 Å². The van der Waals surface area contributed by atoms with Gasteiger partial charge >= 0.3 is 71.0 Å². The Hall–Kier alpha value is 0.610. The fourth-order valence-corrected chi connectivity index (χ4v) is 3.60. The Labute approximate surface area is 71.2 Å². The molecule has 2 rings (SSSR count). The molecule has 0 bridgehead atoms. The molecule has 1 spiro atoms. The molecule has 60 valence electrons. The van der Waals surface area contributed by atoms with Gasteiger partial charge in [0.1, 0.15) is 0 Å². The van der Waals surface area contributed by atoms with Gasteiger partial charge in [-0.25, -0.2) is 0 Å². The molecule has 2 aliphatic rings. The number of rotatable bonds is 1. The van der Waals surface area contributed by atoms with E-state index < -0.39 is 0 Å². The Kier molecular flexibility index (Phi) is 1.88. The van der Waals surface area contributed by atoms with E-state index in [2.05, 4.69) is 0 Å². The summed E-state index contributed by atoms with van der Waals surface area (Å²) in [6, 6.07) is 0. The summed E-state index contributed by atoms with van der Waals surface area (Å²) in [5.74, 6) is 0. The van der Waals surface area contributed by atoms with Gasteiger partial charge in [-0.1, -0.05) is 0 Å². The van der Waals surface area contributed by atoms with E-state index in [1.807, 2.05) is 0 Å². The average molecular weight is 257 g/mol. The molecule has 0 aromatic carbocycles. The van der Waals surface area contributed by atoms with Crippen molar-refractivity contribution in [3.05, 3.63) is 0 Å². The number of quaternary nitrogens is 1. The van der Waals surface area contributed by atoms with Crippen molar-refractivity contribution in [2.24, 2.45) is 0 Å². The van der Waals surface area contributed by atoms with Crippen LogP contribution in [-0.4, -0.2) is 44.8 Å². The van der Waals surface area contributed by atoms with E-state index in [0.29, 0.717) is 21.5 Å². The average Bonchev–Trinajstić information content (AvgIpc) is 2.70. The molecule has 2 saturated heterocycles. The molecule has 3 nitrogen and oxygen atoms in total. The molecule has 0 saturated carbocycles. The van der Waals surface area contributed by atoms with E-state index in [1.165, 1.54) is 13.8 Å². The van der Waals surface area contributed by atoms with E-state index in [9.17, 15) is 0 Å². The van der Waals surface area contributed by atoms with Gasteiger partial charge in [0.25, 0.3) is 0 Å². The SMILES string of the molecule is OCC1C[N+]2(CCO1)C[I-]2. The van der Waals surface area contributed by atoms with Gasteiger partial charge in [-0.05, 0) is 0 Å². The summed E-state index contributed by atoms with van der Waals surface area (Å²) in [5, 5.41) is 8.83. The second kappa shape index (κ2) is 2.58. The Morgan fingerprint density at radius 1 is 1.70 bits per heavy atom. The maximum atomic E-state index is 8.83. The standard InChI is InChI=1S/C6H12INO2/c9-4-6-3-8(5-7-8)1-2-10-6/h6,9H,1-5H2. The number of halogens is 1. The van der Waals surface area contributed by atoms with Crippen LogP contribution < -0.4 is 21.5 Å². The molecule has 2 fully saturated rings. The van der Waals surface area contributed by atoms with Crippen LogP contribution in [0.25, 0.3) is 0 Å². The summed E-state index contributed by atoms with van der Waals surface area (Å²) in [5.41, 5.74) is 0. The van der Waals surface area contributed by atoms with Crippen LogP contribution in [0.1, 0.15) is 0 Å². The van der Waals surface area contributed by atoms with Gasteiger partial charge in [0.15, 0.2) is 0 Å². The topological polar surface area (TPSA) is 29.5 Å². The summed E-state index contributed by atoms with van der Waals surface area (Å²) in [6.45, 7) is 3.38. The second-order valence-electron chi connectivity index (χ2n) is 2.85. The fourth-order valence-electron chi connectivity index (χ4n) is 1.30. The first-order valence-electron chi connectivity index (χ1n) is 3.54. The number of aliphatic hydroxyl groups excluding tert-OH is 1. The molecule has 2 heterocycles. The van der Waals surface area contributed by atoms with E-state index in [-0.39, 0.29) is 12.7 Å². The number of ether oxygens (including phenoxy) is 1. The number of morpholine rings is 1. The molecular formula is C6H12INO2. The van der Waals surface area contributed by atoms with Crippen LogP contribution in [0.5, 0.6) is 0 Å². The molecule has 2 atom stereocenters. The molecule has 1 N–H and O–H groups in total. The molecule has 0 aromatic rings. The van der Waals surface area contributed by atoms with Gasteiger partial charge in [-0.2, -0.15) is 0 Å². The summed E-state index contributed by atoms with van der Waals surface area (Å²) in [7, 11) is 0. The first-order valence-corrected chi connectivity index (χ1v) is 6.03. The first-order chi connectivity index (χ1) is 4.85. The monoisotopic (exact) mass is 257 g/mol. The van der Waals surface area contributed by atoms with Crippen molar-refractivity contribution >= 4 is 0 Å². The van der Waals surface area contributed by atoms with E-state index in [1.54, 1.807) is 0 Å². The van der Waals surface area contributed by atoms with E-state index in [0.717, 1.165) is 13.2 Å². The van der Waals surface area contributed by atoms with Crippen LogP contribution in [0, 0.1) is 0 Å². The number of nitrogens with zero attached hydrogens (tertiary/aromatic N) is 1. The van der Waals surface area contributed by atoms with E-state index in [4.69, 9.17) is 9.84 Å². The molecule has 0 radical (unpaired) electrons. The third-order valence-electron chi connectivity index (χ3n) is 2.04. The summed E-state index contributed by atoms with van der Waals surface area (Å²) in [4.78, 5) is 0. The molecular weight excluding hydrogens is 245 g/mol. The molecule has 0 amide bonds. The van der Waals surface area contributed by atoms with Gasteiger partial charge in [0, 0.05) is 0 Å². The second-order valence-corrected chi connectivity index (χ2v) is 6.26. The number of hydrogen-bond donors (Lipinski definition) is 1. The van der Waals surface area contributed by atoms with Crippen molar-refractivity contribution in [3.8, 4) is 0 Å². The Morgan fingerprint density at radius 3 is 3.10 bits per heavy atom. The Morgan fingerprint density at radius 2 is 2.50 bits per heavy atom. The molecule has 0 aromatic heterocycles. The zero-order valence-corrected chi connectivity index (χ0v) is 7.95. The number of hydrogen-bond acceptors (Lipinski definition) is 2. The van der Waals surface area contributed by atoms with Gasteiger partial charge in [0.2, 0.25) is 0 Å². The van der Waals surface area contributed by atoms with Crippen LogP contribution in [0.3, 0.4) is 0 Å². The van der Waals surface area contributed by atoms with Crippen molar-refractivity contribution in [3.63, 3.8) is 0 Å². The number of aliphatic hydroxyl groups is 1. The van der Waals surface area contributed by atoms with Crippen LogP contribution >= 0.6 is 0 Å². The van der Waals surface area contributed by atoms with Crippen molar-refractivity contribution in [1.29, 1.82) is 0 Å².